The summed E-state index contributed by atoms with van der Waals surface area (Å²) in [4.78, 5) is 14.1. The molecule has 16 heavy (non-hydrogen) atoms. The number of nitrogens with zero attached hydrogens (tertiary/aromatic N) is 3. The van der Waals surface area contributed by atoms with Gasteiger partial charge in [0.1, 0.15) is 5.82 Å². The van der Waals surface area contributed by atoms with Gasteiger partial charge in [0.2, 0.25) is 0 Å². The van der Waals surface area contributed by atoms with Crippen molar-refractivity contribution in [3.8, 4) is 0 Å². The van der Waals surface area contributed by atoms with E-state index in [1.807, 2.05) is 27.0 Å². The van der Waals surface area contributed by atoms with Crippen LogP contribution >= 0.6 is 11.3 Å². The highest BCUT2D eigenvalue weighted by Crippen LogP contribution is 2.15. The van der Waals surface area contributed by atoms with Crippen LogP contribution < -0.4 is 5.32 Å². The van der Waals surface area contributed by atoms with Crippen molar-refractivity contribution >= 4 is 17.2 Å². The zero-order valence-corrected chi connectivity index (χ0v) is 10.4. The van der Waals surface area contributed by atoms with Gasteiger partial charge >= 0.3 is 0 Å². The molecule has 0 bridgehead atoms. The van der Waals surface area contributed by atoms with Gasteiger partial charge in [0.15, 0.2) is 0 Å². The molecule has 2 aromatic heterocycles. The predicted molar refractivity (Wildman–Crippen MR) is 65.7 cm³/mol. The van der Waals surface area contributed by atoms with Crippen LogP contribution in [-0.2, 0) is 6.54 Å². The molecule has 2 heterocycles. The maximum absolute atomic E-state index is 4.41. The zero-order chi connectivity index (χ0) is 11.5. The first-order chi connectivity index (χ1) is 7.65. The smallest absolute Gasteiger partial charge is 0.148 e. The molecule has 0 aliphatic heterocycles. The van der Waals surface area contributed by atoms with Crippen LogP contribution in [-0.4, -0.2) is 15.0 Å². The molecule has 0 saturated carbocycles. The molecule has 0 amide bonds. The predicted octanol–water partition coefficient (Wildman–Crippen LogP) is 2.47. The van der Waals surface area contributed by atoms with Gasteiger partial charge in [-0.2, -0.15) is 0 Å². The largest absolute Gasteiger partial charge is 0.364 e. The molecule has 2 aromatic rings. The molecule has 0 spiro atoms. The number of hydrogen-bond donors (Lipinski definition) is 1. The first-order valence-corrected chi connectivity index (χ1v) is 5.92. The van der Waals surface area contributed by atoms with Crippen LogP contribution in [0.2, 0.25) is 0 Å². The van der Waals surface area contributed by atoms with Crippen molar-refractivity contribution in [2.45, 2.75) is 27.3 Å². The van der Waals surface area contributed by atoms with Gasteiger partial charge < -0.3 is 5.32 Å². The van der Waals surface area contributed by atoms with Crippen molar-refractivity contribution in [2.24, 2.45) is 0 Å². The van der Waals surface area contributed by atoms with E-state index >= 15 is 0 Å². The van der Waals surface area contributed by atoms with Crippen LogP contribution in [0.4, 0.5) is 5.82 Å². The zero-order valence-electron chi connectivity index (χ0n) is 9.61. The minimum Gasteiger partial charge on any atom is -0.364 e. The number of rotatable bonds is 3. The van der Waals surface area contributed by atoms with Gasteiger partial charge in [0.05, 0.1) is 22.9 Å². The summed E-state index contributed by atoms with van der Waals surface area (Å²) in [6.45, 7) is 6.65. The summed E-state index contributed by atoms with van der Waals surface area (Å²) in [5, 5.41) is 4.37. The van der Waals surface area contributed by atoms with E-state index in [4.69, 9.17) is 0 Å². The molecule has 0 saturated heterocycles. The third-order valence-electron chi connectivity index (χ3n) is 2.18. The molecule has 0 atom stereocenters. The molecule has 1 N–H and O–H groups in total. The maximum atomic E-state index is 4.41. The number of aromatic nitrogens is 3. The van der Waals surface area contributed by atoms with E-state index < -0.39 is 0 Å². The Bertz CT molecular complexity index is 492. The Hall–Kier alpha value is -1.49. The highest BCUT2D eigenvalue weighted by atomic mass is 32.1. The van der Waals surface area contributed by atoms with E-state index in [9.17, 15) is 0 Å². The summed E-state index contributed by atoms with van der Waals surface area (Å²) in [6, 6.07) is 0. The molecule has 0 aliphatic rings. The fourth-order valence-electron chi connectivity index (χ4n) is 1.36. The summed E-state index contributed by atoms with van der Waals surface area (Å²) >= 11 is 1.70. The molecule has 0 aromatic carbocycles. The Morgan fingerprint density at radius 2 is 2.00 bits per heavy atom. The lowest BCUT2D eigenvalue weighted by molar-refractivity contribution is 1.02. The first kappa shape index (κ1) is 11.0. The molecule has 0 aliphatic carbocycles. The Labute approximate surface area is 98.8 Å². The fraction of sp³-hybridized carbons (Fsp3) is 0.364. The van der Waals surface area contributed by atoms with Gasteiger partial charge in [0.25, 0.3) is 0 Å². The van der Waals surface area contributed by atoms with E-state index in [2.05, 4.69) is 20.3 Å². The fourth-order valence-corrected chi connectivity index (χ4v) is 2.10. The molecular weight excluding hydrogens is 220 g/mol. The summed E-state index contributed by atoms with van der Waals surface area (Å²) < 4.78 is 0. The number of thiazole rings is 1. The maximum Gasteiger partial charge on any atom is 0.148 e. The van der Waals surface area contributed by atoms with Crippen LogP contribution in [0.25, 0.3) is 0 Å². The van der Waals surface area contributed by atoms with E-state index in [1.165, 1.54) is 4.88 Å². The SMILES string of the molecule is Cc1cnc(C)c(NCc2cnc(C)s2)n1. The third-order valence-corrected chi connectivity index (χ3v) is 3.09. The Balaban J connectivity index is 2.07. The molecular formula is C11H14N4S. The Kier molecular flexibility index (Phi) is 3.14. The molecule has 0 unspecified atom stereocenters. The van der Waals surface area contributed by atoms with E-state index in [-0.39, 0.29) is 0 Å². The molecule has 5 heteroatoms. The second-order valence-corrected chi connectivity index (χ2v) is 4.96. The number of hydrogen-bond acceptors (Lipinski definition) is 5. The van der Waals surface area contributed by atoms with Gasteiger partial charge in [-0.25, -0.2) is 9.97 Å². The summed E-state index contributed by atoms with van der Waals surface area (Å²) in [7, 11) is 0. The topological polar surface area (TPSA) is 50.7 Å². The quantitative estimate of drug-likeness (QED) is 0.886. The van der Waals surface area contributed by atoms with Gasteiger partial charge in [-0.15, -0.1) is 11.3 Å². The molecule has 2 rings (SSSR count). The van der Waals surface area contributed by atoms with Gasteiger partial charge in [-0.05, 0) is 20.8 Å². The van der Waals surface area contributed by atoms with Crippen LogP contribution in [0.15, 0.2) is 12.4 Å². The van der Waals surface area contributed by atoms with Crippen molar-refractivity contribution in [2.75, 3.05) is 5.32 Å². The van der Waals surface area contributed by atoms with Gasteiger partial charge in [-0.3, -0.25) is 4.98 Å². The monoisotopic (exact) mass is 234 g/mol. The second kappa shape index (κ2) is 4.57. The summed E-state index contributed by atoms with van der Waals surface area (Å²) in [5.74, 6) is 0.853. The molecule has 0 fully saturated rings. The number of nitrogens with one attached hydrogen (secondary N) is 1. The summed E-state index contributed by atoms with van der Waals surface area (Å²) in [6.07, 6.45) is 3.67. The van der Waals surface area contributed by atoms with Crippen LogP contribution in [0.3, 0.4) is 0 Å². The second-order valence-electron chi connectivity index (χ2n) is 3.64. The Morgan fingerprint density at radius 3 is 2.69 bits per heavy atom. The average molecular weight is 234 g/mol. The molecule has 84 valence electrons. The first-order valence-electron chi connectivity index (χ1n) is 5.10. The van der Waals surface area contributed by atoms with Crippen LogP contribution in [0.5, 0.6) is 0 Å². The van der Waals surface area contributed by atoms with Crippen molar-refractivity contribution in [3.05, 3.63) is 33.7 Å². The van der Waals surface area contributed by atoms with Crippen LogP contribution in [0, 0.1) is 20.8 Å². The number of anilines is 1. The minimum atomic E-state index is 0.754. The lowest BCUT2D eigenvalue weighted by atomic mass is 10.4. The highest BCUT2D eigenvalue weighted by Gasteiger charge is 2.03. The van der Waals surface area contributed by atoms with Crippen molar-refractivity contribution < 1.29 is 0 Å². The van der Waals surface area contributed by atoms with Gasteiger partial charge in [0, 0.05) is 17.3 Å². The third kappa shape index (κ3) is 2.55. The summed E-state index contributed by atoms with van der Waals surface area (Å²) in [5.41, 5.74) is 1.85. The number of aryl methyl sites for hydroxylation is 3. The molecule has 4 nitrogen and oxygen atoms in total. The average Bonchev–Trinajstić information content (AvgIpc) is 2.66. The van der Waals surface area contributed by atoms with Crippen LogP contribution in [0.1, 0.15) is 21.3 Å². The van der Waals surface area contributed by atoms with E-state index in [1.54, 1.807) is 17.5 Å². The normalized spacial score (nSPS) is 10.4. The standard InChI is InChI=1S/C11H14N4S/c1-7-4-12-8(2)11(15-7)14-6-10-5-13-9(3)16-10/h4-5H,6H2,1-3H3,(H,14,15). The van der Waals surface area contributed by atoms with Crippen molar-refractivity contribution in [3.63, 3.8) is 0 Å². The Morgan fingerprint density at radius 1 is 1.19 bits per heavy atom. The minimum absolute atomic E-state index is 0.754. The van der Waals surface area contributed by atoms with E-state index in [0.717, 1.165) is 28.8 Å². The van der Waals surface area contributed by atoms with Crippen molar-refractivity contribution in [1.82, 2.24) is 15.0 Å². The van der Waals surface area contributed by atoms with Gasteiger partial charge in [-0.1, -0.05) is 0 Å². The lowest BCUT2D eigenvalue weighted by Crippen LogP contribution is -2.04. The van der Waals surface area contributed by atoms with E-state index in [0.29, 0.717) is 0 Å². The molecule has 0 radical (unpaired) electrons. The lowest BCUT2D eigenvalue weighted by Gasteiger charge is -2.06. The van der Waals surface area contributed by atoms with Crippen molar-refractivity contribution in [1.29, 1.82) is 0 Å². The highest BCUT2D eigenvalue weighted by molar-refractivity contribution is 7.11.